The molecule has 2 unspecified atom stereocenters. The van der Waals surface area contributed by atoms with Crippen LogP contribution in [-0.2, 0) is 0 Å². The summed E-state index contributed by atoms with van der Waals surface area (Å²) in [6, 6.07) is 8.84. The third-order valence-corrected chi connectivity index (χ3v) is 4.59. The predicted molar refractivity (Wildman–Crippen MR) is 75.3 cm³/mol. The SMILES string of the molecule is CC1CSCC1Nc1ccc(-n2nccn2)cc1. The first-order chi connectivity index (χ1) is 8.83. The molecular weight excluding hydrogens is 244 g/mol. The van der Waals surface area contributed by atoms with Crippen LogP contribution in [0.15, 0.2) is 36.7 Å². The summed E-state index contributed by atoms with van der Waals surface area (Å²) in [6.45, 7) is 2.31. The zero-order chi connectivity index (χ0) is 12.4. The van der Waals surface area contributed by atoms with E-state index in [0.717, 1.165) is 11.6 Å². The van der Waals surface area contributed by atoms with Gasteiger partial charge in [0.1, 0.15) is 0 Å². The van der Waals surface area contributed by atoms with E-state index >= 15 is 0 Å². The molecule has 1 aliphatic rings. The summed E-state index contributed by atoms with van der Waals surface area (Å²) in [5, 5.41) is 11.8. The van der Waals surface area contributed by atoms with Crippen molar-refractivity contribution in [3.8, 4) is 5.69 Å². The number of aromatic nitrogens is 3. The molecule has 1 aromatic heterocycles. The molecule has 1 saturated heterocycles. The van der Waals surface area contributed by atoms with Crippen molar-refractivity contribution in [2.75, 3.05) is 16.8 Å². The number of nitrogens with one attached hydrogen (secondary N) is 1. The lowest BCUT2D eigenvalue weighted by atomic mass is 10.1. The monoisotopic (exact) mass is 260 g/mol. The van der Waals surface area contributed by atoms with Crippen LogP contribution < -0.4 is 5.32 Å². The molecule has 2 atom stereocenters. The fourth-order valence-corrected chi connectivity index (χ4v) is 3.51. The van der Waals surface area contributed by atoms with Crippen molar-refractivity contribution in [1.82, 2.24) is 15.0 Å². The summed E-state index contributed by atoms with van der Waals surface area (Å²) in [6.07, 6.45) is 3.37. The van der Waals surface area contributed by atoms with Gasteiger partial charge in [0.15, 0.2) is 0 Å². The molecule has 0 saturated carbocycles. The Morgan fingerprint density at radius 1 is 1.17 bits per heavy atom. The molecule has 1 N–H and O–H groups in total. The number of thioether (sulfide) groups is 1. The molecule has 3 rings (SSSR count). The standard InChI is InChI=1S/C13H16N4S/c1-10-8-18-9-13(10)16-11-2-4-12(5-3-11)17-14-6-7-15-17/h2-7,10,13,16H,8-9H2,1H3. The summed E-state index contributed by atoms with van der Waals surface area (Å²) >= 11 is 2.02. The number of anilines is 1. The fourth-order valence-electron chi connectivity index (χ4n) is 2.10. The Morgan fingerprint density at radius 3 is 2.50 bits per heavy atom. The van der Waals surface area contributed by atoms with Crippen molar-refractivity contribution in [3.05, 3.63) is 36.7 Å². The van der Waals surface area contributed by atoms with E-state index in [4.69, 9.17) is 0 Å². The minimum atomic E-state index is 0.587. The Labute approximate surface area is 111 Å². The van der Waals surface area contributed by atoms with Gasteiger partial charge in [0.2, 0.25) is 0 Å². The molecule has 0 aliphatic carbocycles. The van der Waals surface area contributed by atoms with Gasteiger partial charge >= 0.3 is 0 Å². The second-order valence-corrected chi connectivity index (χ2v) is 5.71. The van der Waals surface area contributed by atoms with Gasteiger partial charge in [0, 0.05) is 17.5 Å². The minimum Gasteiger partial charge on any atom is -0.381 e. The Kier molecular flexibility index (Phi) is 3.23. The summed E-state index contributed by atoms with van der Waals surface area (Å²) < 4.78 is 0. The smallest absolute Gasteiger partial charge is 0.0858 e. The largest absolute Gasteiger partial charge is 0.381 e. The van der Waals surface area contributed by atoms with Gasteiger partial charge in [0.25, 0.3) is 0 Å². The lowest BCUT2D eigenvalue weighted by Gasteiger charge is -2.17. The van der Waals surface area contributed by atoms with Crippen molar-refractivity contribution in [2.24, 2.45) is 5.92 Å². The van der Waals surface area contributed by atoms with Crippen molar-refractivity contribution in [3.63, 3.8) is 0 Å². The summed E-state index contributed by atoms with van der Waals surface area (Å²) in [5.74, 6) is 3.19. The predicted octanol–water partition coefficient (Wildman–Crippen LogP) is 2.43. The zero-order valence-corrected chi connectivity index (χ0v) is 11.1. The van der Waals surface area contributed by atoms with Gasteiger partial charge in [-0.15, -0.1) is 0 Å². The fraction of sp³-hybridized carbons (Fsp3) is 0.385. The highest BCUT2D eigenvalue weighted by Crippen LogP contribution is 2.26. The molecule has 0 spiro atoms. The van der Waals surface area contributed by atoms with E-state index < -0.39 is 0 Å². The maximum atomic E-state index is 4.11. The molecule has 0 radical (unpaired) electrons. The number of nitrogens with zero attached hydrogens (tertiary/aromatic N) is 3. The average Bonchev–Trinajstić information content (AvgIpc) is 3.03. The number of rotatable bonds is 3. The van der Waals surface area contributed by atoms with Gasteiger partial charge in [-0.25, -0.2) is 0 Å². The normalized spacial score (nSPS) is 23.2. The second-order valence-electron chi connectivity index (χ2n) is 4.63. The highest BCUT2D eigenvalue weighted by Gasteiger charge is 2.23. The molecule has 5 heteroatoms. The molecular formula is C13H16N4S. The molecule has 2 aromatic rings. The van der Waals surface area contributed by atoms with Crippen LogP contribution in [0.25, 0.3) is 5.69 Å². The number of hydrogen-bond donors (Lipinski definition) is 1. The van der Waals surface area contributed by atoms with Gasteiger partial charge < -0.3 is 5.32 Å². The number of benzene rings is 1. The van der Waals surface area contributed by atoms with Gasteiger partial charge in [0.05, 0.1) is 18.1 Å². The summed E-state index contributed by atoms with van der Waals surface area (Å²) in [5.41, 5.74) is 2.16. The first kappa shape index (κ1) is 11.6. The minimum absolute atomic E-state index is 0.587. The third-order valence-electron chi connectivity index (χ3n) is 3.23. The Morgan fingerprint density at radius 2 is 1.89 bits per heavy atom. The highest BCUT2D eigenvalue weighted by atomic mass is 32.2. The van der Waals surface area contributed by atoms with E-state index in [1.807, 2.05) is 23.9 Å². The van der Waals surface area contributed by atoms with Crippen LogP contribution in [0, 0.1) is 5.92 Å². The molecule has 18 heavy (non-hydrogen) atoms. The van der Waals surface area contributed by atoms with Crippen LogP contribution >= 0.6 is 11.8 Å². The van der Waals surface area contributed by atoms with Crippen LogP contribution in [0.3, 0.4) is 0 Å². The molecule has 1 fully saturated rings. The van der Waals surface area contributed by atoms with E-state index in [9.17, 15) is 0 Å². The average molecular weight is 260 g/mol. The molecule has 2 heterocycles. The number of hydrogen-bond acceptors (Lipinski definition) is 4. The molecule has 1 aliphatic heterocycles. The molecule has 0 amide bonds. The molecule has 94 valence electrons. The quantitative estimate of drug-likeness (QED) is 0.920. The Hall–Kier alpha value is -1.49. The summed E-state index contributed by atoms with van der Waals surface area (Å²) in [7, 11) is 0. The van der Waals surface area contributed by atoms with Crippen molar-refractivity contribution < 1.29 is 0 Å². The van der Waals surface area contributed by atoms with Crippen LogP contribution in [0.1, 0.15) is 6.92 Å². The first-order valence-corrected chi connectivity index (χ1v) is 7.29. The van der Waals surface area contributed by atoms with E-state index in [1.165, 1.54) is 17.2 Å². The topological polar surface area (TPSA) is 42.7 Å². The first-order valence-electron chi connectivity index (χ1n) is 6.14. The van der Waals surface area contributed by atoms with Gasteiger partial charge in [-0.1, -0.05) is 6.92 Å². The second kappa shape index (κ2) is 5.02. The Bertz CT molecular complexity index is 494. The zero-order valence-electron chi connectivity index (χ0n) is 10.3. The van der Waals surface area contributed by atoms with Crippen molar-refractivity contribution in [1.29, 1.82) is 0 Å². The van der Waals surface area contributed by atoms with Crippen LogP contribution in [-0.4, -0.2) is 32.5 Å². The highest BCUT2D eigenvalue weighted by molar-refractivity contribution is 7.99. The van der Waals surface area contributed by atoms with Crippen LogP contribution in [0.4, 0.5) is 5.69 Å². The summed E-state index contributed by atoms with van der Waals surface area (Å²) in [4.78, 5) is 1.62. The van der Waals surface area contributed by atoms with Gasteiger partial charge in [-0.2, -0.15) is 26.8 Å². The van der Waals surface area contributed by atoms with E-state index in [1.54, 1.807) is 17.2 Å². The third kappa shape index (κ3) is 2.36. The maximum absolute atomic E-state index is 4.11. The van der Waals surface area contributed by atoms with Crippen LogP contribution in [0.5, 0.6) is 0 Å². The molecule has 4 nitrogen and oxygen atoms in total. The van der Waals surface area contributed by atoms with E-state index in [-0.39, 0.29) is 0 Å². The lowest BCUT2D eigenvalue weighted by molar-refractivity contribution is 0.599. The van der Waals surface area contributed by atoms with Gasteiger partial charge in [-0.3, -0.25) is 0 Å². The maximum Gasteiger partial charge on any atom is 0.0858 e. The molecule has 1 aromatic carbocycles. The molecule has 0 bridgehead atoms. The van der Waals surface area contributed by atoms with Gasteiger partial charge in [-0.05, 0) is 35.9 Å². The van der Waals surface area contributed by atoms with Crippen LogP contribution in [0.2, 0.25) is 0 Å². The van der Waals surface area contributed by atoms with E-state index in [0.29, 0.717) is 6.04 Å². The Balaban J connectivity index is 1.71. The van der Waals surface area contributed by atoms with E-state index in [2.05, 4.69) is 34.6 Å². The lowest BCUT2D eigenvalue weighted by Crippen LogP contribution is -2.25. The van der Waals surface area contributed by atoms with Crippen molar-refractivity contribution >= 4 is 17.4 Å². The van der Waals surface area contributed by atoms with Crippen molar-refractivity contribution in [2.45, 2.75) is 13.0 Å².